The second kappa shape index (κ2) is 5.90. The van der Waals surface area contributed by atoms with Gasteiger partial charge in [0, 0.05) is 18.9 Å². The average Bonchev–Trinajstić information content (AvgIpc) is 2.94. The van der Waals surface area contributed by atoms with Gasteiger partial charge in [0.25, 0.3) is 17.6 Å². The first-order valence-electron chi connectivity index (χ1n) is 6.06. The highest BCUT2D eigenvalue weighted by molar-refractivity contribution is 5.90. The molecule has 0 radical (unpaired) electrons. The molecule has 0 fully saturated rings. The molecule has 2 aromatic heterocycles. The number of pyridine rings is 1. The Hall–Kier alpha value is -2.45. The van der Waals surface area contributed by atoms with Crippen molar-refractivity contribution in [3.63, 3.8) is 0 Å². The SMILES string of the molecule is CCCNC(=O)c1noc(-c2cncc(C(F)(F)F)c2)n1. The molecule has 1 N–H and O–H groups in total. The van der Waals surface area contributed by atoms with Gasteiger partial charge in [0.05, 0.1) is 11.1 Å². The number of alkyl halides is 3. The van der Waals surface area contributed by atoms with Crippen LogP contribution in [0.2, 0.25) is 0 Å². The standard InChI is InChI=1S/C12H11F3N4O2/c1-2-3-17-10(20)9-18-11(21-19-9)7-4-8(6-16-5-7)12(13,14)15/h4-6H,2-3H2,1H3,(H,17,20). The van der Waals surface area contributed by atoms with Crippen LogP contribution < -0.4 is 5.32 Å². The topological polar surface area (TPSA) is 80.9 Å². The molecule has 0 atom stereocenters. The number of amides is 1. The predicted molar refractivity (Wildman–Crippen MR) is 65.2 cm³/mol. The molecule has 2 aromatic rings. The van der Waals surface area contributed by atoms with Crippen LogP contribution in [-0.2, 0) is 6.18 Å². The number of carbonyl (C=O) groups is 1. The van der Waals surface area contributed by atoms with Crippen LogP contribution in [0.15, 0.2) is 23.0 Å². The zero-order valence-corrected chi connectivity index (χ0v) is 10.9. The van der Waals surface area contributed by atoms with Crippen molar-refractivity contribution < 1.29 is 22.5 Å². The molecule has 0 saturated carbocycles. The van der Waals surface area contributed by atoms with Crippen molar-refractivity contribution in [3.8, 4) is 11.5 Å². The lowest BCUT2D eigenvalue weighted by atomic mass is 10.2. The first-order chi connectivity index (χ1) is 9.91. The van der Waals surface area contributed by atoms with Crippen LogP contribution >= 0.6 is 0 Å². The number of rotatable bonds is 4. The molecule has 2 rings (SSSR count). The summed E-state index contributed by atoms with van der Waals surface area (Å²) in [5.41, 5.74) is -0.943. The molecule has 1 amide bonds. The normalized spacial score (nSPS) is 11.4. The Bertz CT molecular complexity index is 639. The Morgan fingerprint density at radius 1 is 1.38 bits per heavy atom. The first-order valence-corrected chi connectivity index (χ1v) is 6.06. The van der Waals surface area contributed by atoms with Crippen molar-refractivity contribution in [1.82, 2.24) is 20.4 Å². The van der Waals surface area contributed by atoms with Crippen LogP contribution in [0.3, 0.4) is 0 Å². The van der Waals surface area contributed by atoms with Crippen molar-refractivity contribution in [2.45, 2.75) is 19.5 Å². The summed E-state index contributed by atoms with van der Waals surface area (Å²) in [4.78, 5) is 18.8. The molecule has 0 aromatic carbocycles. The van der Waals surface area contributed by atoms with E-state index in [0.29, 0.717) is 12.7 Å². The second-order valence-electron chi connectivity index (χ2n) is 4.14. The first kappa shape index (κ1) is 14.9. The minimum Gasteiger partial charge on any atom is -0.349 e. The molecular formula is C12H11F3N4O2. The number of halogens is 3. The van der Waals surface area contributed by atoms with E-state index in [4.69, 9.17) is 4.52 Å². The Balaban J connectivity index is 2.24. The number of aromatic nitrogens is 3. The molecule has 2 heterocycles. The lowest BCUT2D eigenvalue weighted by molar-refractivity contribution is -0.137. The monoisotopic (exact) mass is 300 g/mol. The van der Waals surface area contributed by atoms with Gasteiger partial charge in [-0.1, -0.05) is 12.1 Å². The lowest BCUT2D eigenvalue weighted by Gasteiger charge is -2.05. The van der Waals surface area contributed by atoms with Crippen LogP contribution in [0.5, 0.6) is 0 Å². The minimum absolute atomic E-state index is 0.00753. The summed E-state index contributed by atoms with van der Waals surface area (Å²) in [6, 6.07) is 0.828. The van der Waals surface area contributed by atoms with Crippen LogP contribution in [0.25, 0.3) is 11.5 Å². The van der Waals surface area contributed by atoms with E-state index in [1.807, 2.05) is 6.92 Å². The fourth-order valence-corrected chi connectivity index (χ4v) is 1.46. The van der Waals surface area contributed by atoms with Crippen molar-refractivity contribution in [3.05, 3.63) is 29.8 Å². The Morgan fingerprint density at radius 3 is 2.81 bits per heavy atom. The molecule has 0 unspecified atom stereocenters. The maximum absolute atomic E-state index is 12.6. The van der Waals surface area contributed by atoms with Gasteiger partial charge in [-0.05, 0) is 12.5 Å². The Labute approximate surface area is 117 Å². The van der Waals surface area contributed by atoms with Gasteiger partial charge in [0.2, 0.25) is 0 Å². The van der Waals surface area contributed by atoms with Crippen molar-refractivity contribution >= 4 is 5.91 Å². The summed E-state index contributed by atoms with van der Waals surface area (Å²) >= 11 is 0. The number of nitrogens with zero attached hydrogens (tertiary/aromatic N) is 3. The van der Waals surface area contributed by atoms with E-state index in [-0.39, 0.29) is 17.3 Å². The zero-order valence-electron chi connectivity index (χ0n) is 10.9. The smallest absolute Gasteiger partial charge is 0.349 e. The van der Waals surface area contributed by atoms with Crippen LogP contribution in [0.4, 0.5) is 13.2 Å². The summed E-state index contributed by atoms with van der Waals surface area (Å²) in [6.45, 7) is 2.31. The molecule has 21 heavy (non-hydrogen) atoms. The molecule has 0 spiro atoms. The van der Waals surface area contributed by atoms with E-state index in [1.165, 1.54) is 0 Å². The van der Waals surface area contributed by atoms with E-state index in [2.05, 4.69) is 20.4 Å². The third kappa shape index (κ3) is 3.56. The highest BCUT2D eigenvalue weighted by Gasteiger charge is 2.31. The fourth-order valence-electron chi connectivity index (χ4n) is 1.46. The van der Waals surface area contributed by atoms with Gasteiger partial charge in [-0.3, -0.25) is 9.78 Å². The van der Waals surface area contributed by atoms with Gasteiger partial charge in [-0.25, -0.2) is 0 Å². The lowest BCUT2D eigenvalue weighted by Crippen LogP contribution is -2.25. The Kier molecular flexibility index (Phi) is 4.20. The minimum atomic E-state index is -4.52. The van der Waals surface area contributed by atoms with Crippen molar-refractivity contribution in [1.29, 1.82) is 0 Å². The van der Waals surface area contributed by atoms with E-state index in [1.54, 1.807) is 0 Å². The Morgan fingerprint density at radius 2 is 2.14 bits per heavy atom. The van der Waals surface area contributed by atoms with Crippen molar-refractivity contribution in [2.24, 2.45) is 0 Å². The molecule has 0 aliphatic rings. The van der Waals surface area contributed by atoms with Gasteiger partial charge >= 0.3 is 6.18 Å². The molecule has 9 heteroatoms. The van der Waals surface area contributed by atoms with Gasteiger partial charge in [-0.2, -0.15) is 18.2 Å². The van der Waals surface area contributed by atoms with Crippen LogP contribution in [0, 0.1) is 0 Å². The molecule has 0 aliphatic carbocycles. The van der Waals surface area contributed by atoms with E-state index in [9.17, 15) is 18.0 Å². The molecule has 0 bridgehead atoms. The summed E-state index contributed by atoms with van der Waals surface area (Å²) in [5.74, 6) is -0.988. The highest BCUT2D eigenvalue weighted by Crippen LogP contribution is 2.30. The third-order valence-electron chi connectivity index (χ3n) is 2.48. The summed E-state index contributed by atoms with van der Waals surface area (Å²) in [5, 5.41) is 5.96. The summed E-state index contributed by atoms with van der Waals surface area (Å²) < 4.78 is 42.5. The summed E-state index contributed by atoms with van der Waals surface area (Å²) in [6.07, 6.45) is -1.95. The molecule has 6 nitrogen and oxygen atoms in total. The third-order valence-corrected chi connectivity index (χ3v) is 2.48. The van der Waals surface area contributed by atoms with Gasteiger partial charge in [0.1, 0.15) is 0 Å². The van der Waals surface area contributed by atoms with E-state index in [0.717, 1.165) is 18.7 Å². The number of hydrogen-bond acceptors (Lipinski definition) is 5. The van der Waals surface area contributed by atoms with Crippen LogP contribution in [-0.4, -0.2) is 27.6 Å². The fraction of sp³-hybridized carbons (Fsp3) is 0.333. The molecule has 0 saturated heterocycles. The summed E-state index contributed by atoms with van der Waals surface area (Å²) in [7, 11) is 0. The average molecular weight is 300 g/mol. The maximum atomic E-state index is 12.6. The van der Waals surface area contributed by atoms with E-state index < -0.39 is 17.6 Å². The molecule has 0 aliphatic heterocycles. The van der Waals surface area contributed by atoms with Gasteiger partial charge < -0.3 is 9.84 Å². The zero-order chi connectivity index (χ0) is 15.5. The number of nitrogens with one attached hydrogen (secondary N) is 1. The molecular weight excluding hydrogens is 289 g/mol. The van der Waals surface area contributed by atoms with Crippen molar-refractivity contribution in [2.75, 3.05) is 6.54 Å². The van der Waals surface area contributed by atoms with Gasteiger partial charge in [-0.15, -0.1) is 0 Å². The quantitative estimate of drug-likeness (QED) is 0.937. The predicted octanol–water partition coefficient (Wildman–Crippen LogP) is 2.29. The second-order valence-corrected chi connectivity index (χ2v) is 4.14. The van der Waals surface area contributed by atoms with Crippen LogP contribution in [0.1, 0.15) is 29.5 Å². The maximum Gasteiger partial charge on any atom is 0.417 e. The largest absolute Gasteiger partial charge is 0.417 e. The number of hydrogen-bond donors (Lipinski definition) is 1. The highest BCUT2D eigenvalue weighted by atomic mass is 19.4. The van der Waals surface area contributed by atoms with Gasteiger partial charge in [0.15, 0.2) is 0 Å². The molecule has 112 valence electrons. The van der Waals surface area contributed by atoms with E-state index >= 15 is 0 Å². The number of carbonyl (C=O) groups excluding carboxylic acids is 1.